The van der Waals surface area contributed by atoms with Crippen molar-refractivity contribution in [1.82, 2.24) is 4.90 Å². The molecule has 0 aromatic heterocycles. The lowest BCUT2D eigenvalue weighted by molar-refractivity contribution is -0.126. The average molecular weight is 348 g/mol. The highest BCUT2D eigenvalue weighted by molar-refractivity contribution is 9.10. The van der Waals surface area contributed by atoms with E-state index in [1.807, 2.05) is 6.92 Å². The van der Waals surface area contributed by atoms with Gasteiger partial charge in [0.05, 0.1) is 16.4 Å². The largest absolute Gasteiger partial charge is 0.478 e. The first-order chi connectivity index (χ1) is 8.86. The highest BCUT2D eigenvalue weighted by atomic mass is 79.9. The van der Waals surface area contributed by atoms with Gasteiger partial charge in [0, 0.05) is 23.0 Å². The highest BCUT2D eigenvalue weighted by Gasteiger charge is 2.16. The van der Waals surface area contributed by atoms with Crippen LogP contribution < -0.4 is 0 Å². The van der Waals surface area contributed by atoms with Gasteiger partial charge in [0.1, 0.15) is 5.75 Å². The SMILES string of the molecule is CCN(C)C(=O)CS(=O)c1ccc(Br)c(C(=O)O)c1. The lowest BCUT2D eigenvalue weighted by Crippen LogP contribution is -2.30. The molecule has 5 nitrogen and oxygen atoms in total. The second-order valence-corrected chi connectivity index (χ2v) is 6.15. The summed E-state index contributed by atoms with van der Waals surface area (Å²) in [4.78, 5) is 24.4. The maximum atomic E-state index is 12.0. The van der Waals surface area contributed by atoms with Crippen molar-refractivity contribution in [2.24, 2.45) is 0 Å². The van der Waals surface area contributed by atoms with E-state index in [0.29, 0.717) is 15.9 Å². The third kappa shape index (κ3) is 4.14. The average Bonchev–Trinajstić information content (AvgIpc) is 2.37. The summed E-state index contributed by atoms with van der Waals surface area (Å²) in [5.41, 5.74) is 0.0298. The Morgan fingerprint density at radius 1 is 1.42 bits per heavy atom. The molecule has 0 aliphatic heterocycles. The Balaban J connectivity index is 2.92. The van der Waals surface area contributed by atoms with E-state index in [4.69, 9.17) is 5.11 Å². The number of benzene rings is 1. The van der Waals surface area contributed by atoms with Crippen molar-refractivity contribution in [1.29, 1.82) is 0 Å². The lowest BCUT2D eigenvalue weighted by Gasteiger charge is -2.14. The number of hydrogen-bond donors (Lipinski definition) is 1. The molecule has 1 N–H and O–H groups in total. The fourth-order valence-corrected chi connectivity index (χ4v) is 2.79. The van der Waals surface area contributed by atoms with Crippen molar-refractivity contribution in [2.45, 2.75) is 11.8 Å². The zero-order chi connectivity index (χ0) is 14.6. The molecule has 1 amide bonds. The fourth-order valence-electron chi connectivity index (χ4n) is 1.29. The van der Waals surface area contributed by atoms with Crippen LogP contribution >= 0.6 is 15.9 Å². The van der Waals surface area contributed by atoms with E-state index in [-0.39, 0.29) is 17.2 Å². The lowest BCUT2D eigenvalue weighted by atomic mass is 10.2. The van der Waals surface area contributed by atoms with Gasteiger partial charge < -0.3 is 10.0 Å². The molecule has 1 atom stereocenters. The van der Waals surface area contributed by atoms with Crippen LogP contribution in [0.1, 0.15) is 17.3 Å². The van der Waals surface area contributed by atoms with Gasteiger partial charge in [-0.3, -0.25) is 9.00 Å². The summed E-state index contributed by atoms with van der Waals surface area (Å²) >= 11 is 3.11. The van der Waals surface area contributed by atoms with Crippen molar-refractivity contribution in [2.75, 3.05) is 19.3 Å². The predicted octanol–water partition coefficient (Wildman–Crippen LogP) is 1.73. The van der Waals surface area contributed by atoms with Gasteiger partial charge in [-0.2, -0.15) is 0 Å². The van der Waals surface area contributed by atoms with Crippen LogP contribution in [0.2, 0.25) is 0 Å². The number of carbonyl (C=O) groups is 2. The first-order valence-corrected chi connectivity index (χ1v) is 7.63. The quantitative estimate of drug-likeness (QED) is 0.880. The molecule has 7 heteroatoms. The molecular formula is C12H14BrNO4S. The second-order valence-electron chi connectivity index (χ2n) is 3.84. The molecule has 1 rings (SSSR count). The van der Waals surface area contributed by atoms with Gasteiger partial charge in [-0.05, 0) is 41.1 Å². The predicted molar refractivity (Wildman–Crippen MR) is 75.7 cm³/mol. The van der Waals surface area contributed by atoms with E-state index >= 15 is 0 Å². The van der Waals surface area contributed by atoms with Gasteiger partial charge in [-0.1, -0.05) is 0 Å². The Labute approximate surface area is 122 Å². The molecule has 1 unspecified atom stereocenters. The van der Waals surface area contributed by atoms with Crippen molar-refractivity contribution < 1.29 is 18.9 Å². The summed E-state index contributed by atoms with van der Waals surface area (Å²) in [5.74, 6) is -1.49. The standard InChI is InChI=1S/C12H14BrNO4S/c1-3-14(2)11(15)7-19(18)8-4-5-10(13)9(6-8)12(16)17/h4-6H,3,7H2,1-2H3,(H,16,17). The van der Waals surface area contributed by atoms with E-state index < -0.39 is 16.8 Å². The Hall–Kier alpha value is -1.21. The summed E-state index contributed by atoms with van der Waals surface area (Å²) in [7, 11) is 0.0826. The Kier molecular flexibility index (Phi) is 5.68. The minimum absolute atomic E-state index is 0.0298. The zero-order valence-electron chi connectivity index (χ0n) is 10.6. The second kappa shape index (κ2) is 6.81. The molecule has 0 spiro atoms. The molecule has 0 bridgehead atoms. The van der Waals surface area contributed by atoms with Gasteiger partial charge >= 0.3 is 5.97 Å². The Bertz CT molecular complexity index is 532. The molecule has 0 aliphatic carbocycles. The van der Waals surface area contributed by atoms with Crippen molar-refractivity contribution in [3.8, 4) is 0 Å². The van der Waals surface area contributed by atoms with E-state index in [1.165, 1.54) is 17.0 Å². The highest BCUT2D eigenvalue weighted by Crippen LogP contribution is 2.20. The summed E-state index contributed by atoms with van der Waals surface area (Å²) < 4.78 is 12.4. The van der Waals surface area contributed by atoms with Crippen LogP contribution in [0.3, 0.4) is 0 Å². The molecule has 19 heavy (non-hydrogen) atoms. The van der Waals surface area contributed by atoms with Gasteiger partial charge in [-0.15, -0.1) is 0 Å². The fraction of sp³-hybridized carbons (Fsp3) is 0.333. The van der Waals surface area contributed by atoms with Gasteiger partial charge in [0.15, 0.2) is 0 Å². The molecule has 0 saturated heterocycles. The summed E-state index contributed by atoms with van der Waals surface area (Å²) in [6.07, 6.45) is 0. The summed E-state index contributed by atoms with van der Waals surface area (Å²) in [5, 5.41) is 8.98. The molecule has 1 aromatic carbocycles. The minimum Gasteiger partial charge on any atom is -0.478 e. The number of carbonyl (C=O) groups excluding carboxylic acids is 1. The third-order valence-corrected chi connectivity index (χ3v) is 4.57. The molecule has 0 saturated carbocycles. The van der Waals surface area contributed by atoms with E-state index in [2.05, 4.69) is 15.9 Å². The number of amides is 1. The third-order valence-electron chi connectivity index (χ3n) is 2.59. The number of halogens is 1. The molecule has 1 aromatic rings. The van der Waals surface area contributed by atoms with E-state index in [0.717, 1.165) is 0 Å². The van der Waals surface area contributed by atoms with E-state index in [9.17, 15) is 13.8 Å². The first kappa shape index (κ1) is 15.8. The number of nitrogens with zero attached hydrogens (tertiary/aromatic N) is 1. The molecule has 0 aliphatic rings. The van der Waals surface area contributed by atoms with Crippen molar-refractivity contribution >= 4 is 38.6 Å². The monoisotopic (exact) mass is 347 g/mol. The van der Waals surface area contributed by atoms with Crippen LogP contribution in [0, 0.1) is 0 Å². The van der Waals surface area contributed by atoms with Crippen molar-refractivity contribution in [3.63, 3.8) is 0 Å². The number of rotatable bonds is 5. The van der Waals surface area contributed by atoms with Gasteiger partial charge in [0.2, 0.25) is 5.91 Å². The first-order valence-electron chi connectivity index (χ1n) is 5.52. The van der Waals surface area contributed by atoms with Crippen LogP contribution in [0.25, 0.3) is 0 Å². The van der Waals surface area contributed by atoms with Crippen molar-refractivity contribution in [3.05, 3.63) is 28.2 Å². The normalized spacial score (nSPS) is 11.9. The van der Waals surface area contributed by atoms with Crippen LogP contribution in [0.4, 0.5) is 0 Å². The van der Waals surface area contributed by atoms with Gasteiger partial charge in [-0.25, -0.2) is 4.79 Å². The van der Waals surface area contributed by atoms with Crippen LogP contribution in [0.5, 0.6) is 0 Å². The zero-order valence-corrected chi connectivity index (χ0v) is 13.0. The van der Waals surface area contributed by atoms with Gasteiger partial charge in [0.25, 0.3) is 0 Å². The van der Waals surface area contributed by atoms with Crippen LogP contribution in [0.15, 0.2) is 27.6 Å². The topological polar surface area (TPSA) is 74.7 Å². The molecular weight excluding hydrogens is 334 g/mol. The maximum absolute atomic E-state index is 12.0. The van der Waals surface area contributed by atoms with Crippen LogP contribution in [-0.2, 0) is 15.6 Å². The smallest absolute Gasteiger partial charge is 0.336 e. The minimum atomic E-state index is -1.55. The summed E-state index contributed by atoms with van der Waals surface area (Å²) in [6, 6.07) is 4.39. The van der Waals surface area contributed by atoms with E-state index in [1.54, 1.807) is 13.1 Å². The molecule has 0 radical (unpaired) electrons. The van der Waals surface area contributed by atoms with Crippen LogP contribution in [-0.4, -0.2) is 45.4 Å². The number of carboxylic acid groups (broad SMARTS) is 1. The Morgan fingerprint density at radius 3 is 2.58 bits per heavy atom. The number of hydrogen-bond acceptors (Lipinski definition) is 3. The molecule has 104 valence electrons. The summed E-state index contributed by atoms with van der Waals surface area (Å²) in [6.45, 7) is 2.36. The molecule has 0 fully saturated rings. The molecule has 0 heterocycles. The maximum Gasteiger partial charge on any atom is 0.336 e. The number of aromatic carboxylic acids is 1. The number of carboxylic acids is 1. The Morgan fingerprint density at radius 2 is 2.05 bits per heavy atom.